The second-order valence-corrected chi connectivity index (χ2v) is 17.2. The molecule has 2 aliphatic carbocycles. The maximum atomic E-state index is 7.03. The Morgan fingerprint density at radius 3 is 1.57 bits per heavy atom. The summed E-state index contributed by atoms with van der Waals surface area (Å²) in [6.45, 7) is 4.73. The van der Waals surface area contributed by atoms with Crippen LogP contribution in [0.15, 0.2) is 217 Å². The largest absolute Gasteiger partial charge is 0.456 e. The topological polar surface area (TPSA) is 13.1 Å². The summed E-state index contributed by atoms with van der Waals surface area (Å²) >= 11 is 0. The highest BCUT2D eigenvalue weighted by Crippen LogP contribution is 2.57. The third-order valence-corrected chi connectivity index (χ3v) is 13.7. The SMILES string of the molecule is CC1(C)c2ccccc2-c2ccc(C(c3ccc(-c4ccccc4)cc3)c3ccc4c(c3)oc3cc5c(cc34)-c3ccccc3C5(c3ccccc3)c3ccccc3)cc21. The smallest absolute Gasteiger partial charge is 0.135 e. The van der Waals surface area contributed by atoms with Crippen LogP contribution in [0.5, 0.6) is 0 Å². The van der Waals surface area contributed by atoms with Crippen molar-refractivity contribution in [3.8, 4) is 33.4 Å². The average Bonchev–Trinajstić information content (AvgIpc) is 3.89. The molecule has 0 amide bonds. The summed E-state index contributed by atoms with van der Waals surface area (Å²) in [5.74, 6) is -0.00191. The molecule has 0 bridgehead atoms. The lowest BCUT2D eigenvalue weighted by molar-refractivity contribution is 0.658. The van der Waals surface area contributed by atoms with Gasteiger partial charge in [-0.3, -0.25) is 0 Å². The predicted octanol–water partition coefficient (Wildman–Crippen LogP) is 15.1. The Morgan fingerprint density at radius 1 is 0.350 bits per heavy atom. The van der Waals surface area contributed by atoms with Crippen molar-refractivity contribution >= 4 is 21.9 Å². The van der Waals surface area contributed by atoms with Gasteiger partial charge in [-0.25, -0.2) is 0 Å². The second kappa shape index (κ2) is 13.1. The summed E-state index contributed by atoms with van der Waals surface area (Å²) in [7, 11) is 0. The van der Waals surface area contributed by atoms with E-state index in [1.54, 1.807) is 0 Å². The molecule has 9 aromatic carbocycles. The predicted molar refractivity (Wildman–Crippen MR) is 248 cm³/mol. The van der Waals surface area contributed by atoms with Crippen molar-refractivity contribution in [1.82, 2.24) is 0 Å². The summed E-state index contributed by atoms with van der Waals surface area (Å²) in [5, 5.41) is 2.28. The highest BCUT2D eigenvalue weighted by molar-refractivity contribution is 6.08. The lowest BCUT2D eigenvalue weighted by Gasteiger charge is -2.33. The normalized spacial score (nSPS) is 14.7. The summed E-state index contributed by atoms with van der Waals surface area (Å²) in [5.41, 5.74) is 20.5. The molecule has 1 heteroatoms. The third-order valence-electron chi connectivity index (χ3n) is 13.7. The van der Waals surface area contributed by atoms with Gasteiger partial charge in [0.15, 0.2) is 0 Å². The monoisotopic (exact) mass is 766 g/mol. The van der Waals surface area contributed by atoms with Crippen molar-refractivity contribution in [2.24, 2.45) is 0 Å². The van der Waals surface area contributed by atoms with Gasteiger partial charge >= 0.3 is 0 Å². The van der Waals surface area contributed by atoms with Gasteiger partial charge < -0.3 is 4.42 Å². The minimum Gasteiger partial charge on any atom is -0.456 e. The number of rotatable bonds is 6. The number of hydrogen-bond donors (Lipinski definition) is 0. The Labute approximate surface area is 351 Å². The molecule has 284 valence electrons. The van der Waals surface area contributed by atoms with E-state index in [0.717, 1.165) is 21.9 Å². The summed E-state index contributed by atoms with van der Waals surface area (Å²) in [6.07, 6.45) is 0. The molecule has 1 unspecified atom stereocenters. The van der Waals surface area contributed by atoms with Crippen LogP contribution in [0.4, 0.5) is 0 Å². The van der Waals surface area contributed by atoms with Crippen LogP contribution < -0.4 is 0 Å². The zero-order chi connectivity index (χ0) is 40.0. The maximum absolute atomic E-state index is 7.03. The highest BCUT2D eigenvalue weighted by atomic mass is 16.3. The molecule has 0 saturated heterocycles. The number of hydrogen-bond acceptors (Lipinski definition) is 1. The lowest BCUT2D eigenvalue weighted by atomic mass is 9.67. The lowest BCUT2D eigenvalue weighted by Crippen LogP contribution is -2.28. The zero-order valence-corrected chi connectivity index (χ0v) is 33.7. The standard InChI is InChI=1S/C59H42O/c1-58(2)51-24-14-12-22-45(51)47-32-30-41(34-53(47)58)57(40-28-26-39(27-29-40)38-16-6-3-7-17-38)42-31-33-48-50-36-49-46-23-13-15-25-52(46)59(43-18-8-4-9-19-43,44-20-10-5-11-21-44)54(49)37-56(50)60-55(48)35-42/h3-37,57H,1-2H3. The van der Waals surface area contributed by atoms with Crippen LogP contribution in [0.1, 0.15) is 69.8 Å². The molecule has 0 N–H and O–H groups in total. The maximum Gasteiger partial charge on any atom is 0.135 e. The van der Waals surface area contributed by atoms with E-state index < -0.39 is 5.41 Å². The Morgan fingerprint density at radius 2 is 0.867 bits per heavy atom. The number of benzene rings is 9. The Hall–Kier alpha value is -7.22. The van der Waals surface area contributed by atoms with Gasteiger partial charge in [-0.05, 0) is 102 Å². The number of fused-ring (bicyclic) bond motifs is 9. The van der Waals surface area contributed by atoms with Crippen LogP contribution in [0.25, 0.3) is 55.3 Å². The van der Waals surface area contributed by atoms with E-state index in [0.29, 0.717) is 0 Å². The molecule has 10 aromatic rings. The van der Waals surface area contributed by atoms with Crippen LogP contribution in [0.2, 0.25) is 0 Å². The molecular weight excluding hydrogens is 725 g/mol. The molecule has 60 heavy (non-hydrogen) atoms. The molecule has 0 aliphatic heterocycles. The van der Waals surface area contributed by atoms with E-state index in [1.807, 2.05) is 0 Å². The quantitative estimate of drug-likeness (QED) is 0.154. The Kier molecular flexibility index (Phi) is 7.62. The first-order valence-corrected chi connectivity index (χ1v) is 21.1. The molecule has 1 heterocycles. The van der Waals surface area contributed by atoms with E-state index in [9.17, 15) is 0 Å². The zero-order valence-electron chi connectivity index (χ0n) is 33.7. The fourth-order valence-electron chi connectivity index (χ4n) is 10.9. The van der Waals surface area contributed by atoms with Crippen LogP contribution in [0, 0.1) is 0 Å². The molecule has 2 aliphatic rings. The molecular formula is C59H42O. The van der Waals surface area contributed by atoms with Crippen molar-refractivity contribution in [1.29, 1.82) is 0 Å². The van der Waals surface area contributed by atoms with Gasteiger partial charge in [-0.1, -0.05) is 208 Å². The molecule has 1 aromatic heterocycles. The fraction of sp³-hybridized carbons (Fsp3) is 0.0847. The van der Waals surface area contributed by atoms with Crippen molar-refractivity contribution in [3.63, 3.8) is 0 Å². The highest BCUT2D eigenvalue weighted by Gasteiger charge is 2.46. The molecule has 0 spiro atoms. The first-order chi connectivity index (χ1) is 29.5. The first-order valence-electron chi connectivity index (χ1n) is 21.1. The van der Waals surface area contributed by atoms with Crippen molar-refractivity contribution in [2.75, 3.05) is 0 Å². The van der Waals surface area contributed by atoms with Crippen LogP contribution >= 0.6 is 0 Å². The first kappa shape index (κ1) is 34.8. The van der Waals surface area contributed by atoms with Crippen molar-refractivity contribution < 1.29 is 4.42 Å². The minimum atomic E-state index is -0.481. The van der Waals surface area contributed by atoms with Gasteiger partial charge in [-0.2, -0.15) is 0 Å². The van der Waals surface area contributed by atoms with Gasteiger partial charge in [0.1, 0.15) is 11.2 Å². The van der Waals surface area contributed by atoms with Gasteiger partial charge in [0, 0.05) is 22.1 Å². The van der Waals surface area contributed by atoms with Gasteiger partial charge in [0.05, 0.1) is 5.41 Å². The van der Waals surface area contributed by atoms with E-state index >= 15 is 0 Å². The Bertz CT molecular complexity index is 3220. The van der Waals surface area contributed by atoms with E-state index in [4.69, 9.17) is 4.42 Å². The minimum absolute atomic E-state index is 0.00191. The summed E-state index contributed by atoms with van der Waals surface area (Å²) < 4.78 is 7.03. The summed E-state index contributed by atoms with van der Waals surface area (Å²) in [4.78, 5) is 0. The molecule has 0 radical (unpaired) electrons. The van der Waals surface area contributed by atoms with Crippen LogP contribution in [-0.4, -0.2) is 0 Å². The fourth-order valence-corrected chi connectivity index (χ4v) is 10.9. The van der Waals surface area contributed by atoms with Gasteiger partial charge in [0.25, 0.3) is 0 Å². The van der Waals surface area contributed by atoms with Crippen molar-refractivity contribution in [3.05, 3.63) is 262 Å². The summed E-state index contributed by atoms with van der Waals surface area (Å²) in [6, 6.07) is 78.5. The molecule has 0 saturated carbocycles. The molecule has 12 rings (SSSR count). The second-order valence-electron chi connectivity index (χ2n) is 17.2. The Balaban J connectivity index is 1.05. The van der Waals surface area contributed by atoms with Crippen molar-refractivity contribution in [2.45, 2.75) is 30.6 Å². The van der Waals surface area contributed by atoms with E-state index in [-0.39, 0.29) is 11.3 Å². The van der Waals surface area contributed by atoms with E-state index in [1.165, 1.54) is 83.5 Å². The van der Waals surface area contributed by atoms with Gasteiger partial charge in [-0.15, -0.1) is 0 Å². The molecule has 1 nitrogen and oxygen atoms in total. The van der Waals surface area contributed by atoms with Crippen LogP contribution in [-0.2, 0) is 10.8 Å². The van der Waals surface area contributed by atoms with Gasteiger partial charge in [0.2, 0.25) is 0 Å². The number of furan rings is 1. The van der Waals surface area contributed by atoms with Crippen LogP contribution in [0.3, 0.4) is 0 Å². The molecule has 0 fully saturated rings. The van der Waals surface area contributed by atoms with E-state index in [2.05, 4.69) is 226 Å². The average molecular weight is 767 g/mol. The molecule has 1 atom stereocenters. The third kappa shape index (κ3) is 4.99.